The fraction of sp³-hybridized carbons (Fsp3) is 0.351. The van der Waals surface area contributed by atoms with E-state index in [1.807, 2.05) is 0 Å². The fourth-order valence-corrected chi connectivity index (χ4v) is 7.08. The average molecular weight is 738 g/mol. The number of benzene rings is 2. The van der Waals surface area contributed by atoms with Crippen LogP contribution in [0.25, 0.3) is 0 Å². The van der Waals surface area contributed by atoms with Crippen LogP contribution in [-0.4, -0.2) is 69.0 Å². The zero-order chi connectivity index (χ0) is 36.1. The fourth-order valence-electron chi connectivity index (χ4n) is 6.48. The van der Waals surface area contributed by atoms with Crippen LogP contribution in [0.3, 0.4) is 0 Å². The van der Waals surface area contributed by atoms with Crippen LogP contribution in [0.5, 0.6) is 17.2 Å². The van der Waals surface area contributed by atoms with Gasteiger partial charge in [-0.15, -0.1) is 0 Å². The molecule has 3 saturated heterocycles. The number of pyridine rings is 2. The van der Waals surface area contributed by atoms with Crippen molar-refractivity contribution in [1.82, 2.24) is 9.88 Å². The summed E-state index contributed by atoms with van der Waals surface area (Å²) in [7, 11) is 4.56. The number of fused-ring (bicyclic) bond motifs is 3. The highest BCUT2D eigenvalue weighted by Gasteiger charge is 2.37. The van der Waals surface area contributed by atoms with Gasteiger partial charge in [-0.2, -0.15) is 4.73 Å². The summed E-state index contributed by atoms with van der Waals surface area (Å²) < 4.78 is 28.9. The van der Waals surface area contributed by atoms with Gasteiger partial charge in [0.25, 0.3) is 0 Å². The molecule has 0 saturated carbocycles. The number of ether oxygens (including phenoxy) is 5. The number of carbonyl (C=O) groups is 2. The number of nitrogens with zero attached hydrogens (tertiary/aromatic N) is 4. The van der Waals surface area contributed by atoms with E-state index in [1.54, 1.807) is 60.9 Å². The first-order chi connectivity index (χ1) is 24.6. The predicted molar refractivity (Wildman–Crippen MR) is 190 cm³/mol. The molecule has 0 aliphatic carbocycles. The molecule has 51 heavy (non-hydrogen) atoms. The highest BCUT2D eigenvalue weighted by atomic mass is 35.5. The van der Waals surface area contributed by atoms with Crippen molar-refractivity contribution in [3.05, 3.63) is 111 Å². The van der Waals surface area contributed by atoms with E-state index in [1.165, 1.54) is 38.6 Å². The van der Waals surface area contributed by atoms with E-state index < -0.39 is 18.2 Å². The predicted octanol–water partition coefficient (Wildman–Crippen LogP) is 6.43. The van der Waals surface area contributed by atoms with Crippen LogP contribution in [0.4, 0.5) is 10.5 Å². The molecule has 0 N–H and O–H groups in total. The van der Waals surface area contributed by atoms with Crippen molar-refractivity contribution >= 4 is 41.0 Å². The smallest absolute Gasteiger partial charge is 0.414 e. The number of halogens is 2. The monoisotopic (exact) mass is 736 g/mol. The van der Waals surface area contributed by atoms with Crippen molar-refractivity contribution in [1.29, 1.82) is 0 Å². The lowest BCUT2D eigenvalue weighted by molar-refractivity contribution is -0.605. The maximum Gasteiger partial charge on any atom is 0.414 e. The maximum absolute atomic E-state index is 13.7. The van der Waals surface area contributed by atoms with Crippen LogP contribution in [-0.2, 0) is 22.4 Å². The Balaban J connectivity index is 1.22. The highest BCUT2D eigenvalue weighted by molar-refractivity contribution is 6.35. The molecule has 5 heterocycles. The summed E-state index contributed by atoms with van der Waals surface area (Å²) in [5, 5.41) is 12.1. The number of piperidine rings is 3. The lowest BCUT2D eigenvalue weighted by Gasteiger charge is -2.44. The molecule has 2 aromatic carbocycles. The number of hydrogen-bond acceptors (Lipinski definition) is 10. The molecule has 4 aromatic rings. The zero-order valence-electron chi connectivity index (χ0n) is 28.4. The molecular formula is C37H38Cl2N4O8. The number of amides is 1. The number of methoxy groups -OCH3 is 3. The second kappa shape index (κ2) is 16.1. The molecule has 268 valence electrons. The first-order valence-electron chi connectivity index (χ1n) is 16.4. The van der Waals surface area contributed by atoms with Crippen molar-refractivity contribution in [2.45, 2.75) is 38.0 Å². The Morgan fingerprint density at radius 1 is 0.961 bits per heavy atom. The number of aromatic nitrogens is 2. The minimum atomic E-state index is -0.869. The van der Waals surface area contributed by atoms with Gasteiger partial charge in [0.2, 0.25) is 0 Å². The van der Waals surface area contributed by atoms with E-state index in [-0.39, 0.29) is 34.7 Å². The van der Waals surface area contributed by atoms with Gasteiger partial charge >= 0.3 is 12.1 Å². The molecule has 2 atom stereocenters. The summed E-state index contributed by atoms with van der Waals surface area (Å²) in [5.41, 5.74) is 2.56. The van der Waals surface area contributed by atoms with Gasteiger partial charge in [0.15, 0.2) is 23.9 Å². The molecule has 14 heteroatoms. The number of esters is 1. The van der Waals surface area contributed by atoms with Crippen molar-refractivity contribution in [2.75, 3.05) is 45.9 Å². The van der Waals surface area contributed by atoms with E-state index >= 15 is 0 Å². The Morgan fingerprint density at radius 3 is 2.29 bits per heavy atom. The molecule has 0 unspecified atom stereocenters. The van der Waals surface area contributed by atoms with Crippen molar-refractivity contribution < 1.29 is 38.0 Å². The molecule has 7 rings (SSSR count). The normalized spacial score (nSPS) is 18.4. The maximum atomic E-state index is 13.7. The van der Waals surface area contributed by atoms with Gasteiger partial charge in [-0.3, -0.25) is 14.8 Å². The van der Waals surface area contributed by atoms with Crippen LogP contribution in [0.2, 0.25) is 10.0 Å². The van der Waals surface area contributed by atoms with E-state index in [2.05, 4.69) is 9.88 Å². The van der Waals surface area contributed by atoms with Gasteiger partial charge in [0.1, 0.15) is 28.0 Å². The van der Waals surface area contributed by atoms with Gasteiger partial charge in [-0.25, -0.2) is 9.59 Å². The Kier molecular flexibility index (Phi) is 11.3. The van der Waals surface area contributed by atoms with Crippen LogP contribution in [0, 0.1) is 11.1 Å². The van der Waals surface area contributed by atoms with E-state index in [0.717, 1.165) is 38.0 Å². The Hall–Kier alpha value is -4.78. The van der Waals surface area contributed by atoms with Crippen LogP contribution in [0.1, 0.15) is 46.0 Å². The molecule has 2 bridgehead atoms. The second-order valence-corrected chi connectivity index (χ2v) is 13.2. The van der Waals surface area contributed by atoms with Crippen molar-refractivity contribution in [3.8, 4) is 17.2 Å². The third-order valence-electron chi connectivity index (χ3n) is 9.32. The summed E-state index contributed by atoms with van der Waals surface area (Å²) in [6.45, 7) is 2.94. The van der Waals surface area contributed by atoms with Crippen LogP contribution in [0.15, 0.2) is 73.3 Å². The Morgan fingerprint density at radius 2 is 1.67 bits per heavy atom. The number of hydrogen-bond donors (Lipinski definition) is 0. The third-order valence-corrected chi connectivity index (χ3v) is 9.97. The summed E-state index contributed by atoms with van der Waals surface area (Å²) in [6.07, 6.45) is 6.08. The highest BCUT2D eigenvalue weighted by Crippen LogP contribution is 2.36. The lowest BCUT2D eigenvalue weighted by Crippen LogP contribution is -2.53. The van der Waals surface area contributed by atoms with E-state index in [0.29, 0.717) is 44.7 Å². The topological polar surface area (TPSA) is 127 Å². The lowest BCUT2D eigenvalue weighted by atomic mass is 9.86. The van der Waals surface area contributed by atoms with Gasteiger partial charge in [0, 0.05) is 24.6 Å². The molecule has 1 amide bonds. The van der Waals surface area contributed by atoms with Crippen LogP contribution >= 0.6 is 23.2 Å². The largest absolute Gasteiger partial charge is 0.619 e. The van der Waals surface area contributed by atoms with Gasteiger partial charge < -0.3 is 28.9 Å². The molecule has 0 radical (unpaired) electrons. The quantitative estimate of drug-likeness (QED) is 0.0913. The van der Waals surface area contributed by atoms with Crippen LogP contribution < -0.4 is 23.8 Å². The van der Waals surface area contributed by atoms with Crippen molar-refractivity contribution in [3.63, 3.8) is 0 Å². The molecule has 0 spiro atoms. The van der Waals surface area contributed by atoms with Gasteiger partial charge in [-0.1, -0.05) is 41.4 Å². The molecule has 12 nitrogen and oxygen atoms in total. The molecule has 2 aromatic heterocycles. The van der Waals surface area contributed by atoms with E-state index in [9.17, 15) is 14.8 Å². The standard InChI is InChI=1S/C37H38Cl2N4O8/c1-47-28-15-27(17-40-18-28)43(37(45)51-35-22-41-12-10-24(35)11-13-41)19-23-4-6-25(7-5-23)36(44)50-33(16-29-30(38)20-42(46)21-31(29)39)26-8-9-32(48-2)34(14-26)49-3/h4-9,14-15,17-18,20-21,24,33,35H,10-13,16,19,22H2,1-3H3/t33-,35-/m0/s1. The third kappa shape index (κ3) is 8.41. The zero-order valence-corrected chi connectivity index (χ0v) is 29.9. The number of carbonyl (C=O) groups excluding carboxylic acids is 2. The molecular weight excluding hydrogens is 699 g/mol. The molecule has 3 aliphatic rings. The first-order valence-corrected chi connectivity index (χ1v) is 17.2. The minimum Gasteiger partial charge on any atom is -0.619 e. The van der Waals surface area contributed by atoms with E-state index in [4.69, 9.17) is 46.9 Å². The Bertz CT molecular complexity index is 1850. The minimum absolute atomic E-state index is 0.0725. The number of rotatable bonds is 12. The summed E-state index contributed by atoms with van der Waals surface area (Å²) in [6, 6.07) is 13.7. The van der Waals surface area contributed by atoms with Crippen molar-refractivity contribution in [2.24, 2.45) is 5.92 Å². The van der Waals surface area contributed by atoms with Gasteiger partial charge in [-0.05, 0) is 67.2 Å². The average Bonchev–Trinajstić information content (AvgIpc) is 3.15. The summed E-state index contributed by atoms with van der Waals surface area (Å²) >= 11 is 12.8. The van der Waals surface area contributed by atoms with Gasteiger partial charge in [0.05, 0.1) is 51.5 Å². The first kappa shape index (κ1) is 36.0. The SMILES string of the molecule is COc1cncc(N(Cc2ccc(C(=O)O[C@@H](Cc3c(Cl)c[n+]([O-])cc3Cl)c3ccc(OC)c(OC)c3)cc2)C(=O)O[C@H]2CN3CCC2CC3)c1. The molecule has 3 aliphatic heterocycles. The second-order valence-electron chi connectivity index (χ2n) is 12.4. The Labute approximate surface area is 305 Å². The summed E-state index contributed by atoms with van der Waals surface area (Å²) in [4.78, 5) is 35.4. The number of anilines is 1. The molecule has 3 fully saturated rings. The summed E-state index contributed by atoms with van der Waals surface area (Å²) in [5.74, 6) is 1.16.